The van der Waals surface area contributed by atoms with Crippen molar-refractivity contribution in [1.82, 2.24) is 9.97 Å². The van der Waals surface area contributed by atoms with E-state index in [1.54, 1.807) is 29.5 Å². The first-order valence-corrected chi connectivity index (χ1v) is 9.38. The van der Waals surface area contributed by atoms with Crippen LogP contribution in [0.3, 0.4) is 0 Å². The highest BCUT2D eigenvalue weighted by Crippen LogP contribution is 2.36. The molecule has 4 rings (SSSR count). The van der Waals surface area contributed by atoms with E-state index in [-0.39, 0.29) is 16.4 Å². The normalized spacial score (nSPS) is 17.7. The lowest BCUT2D eigenvalue weighted by atomic mass is 9.89. The van der Waals surface area contributed by atoms with Crippen LogP contribution in [0.15, 0.2) is 29.1 Å². The lowest BCUT2D eigenvalue weighted by Crippen LogP contribution is -2.14. The summed E-state index contributed by atoms with van der Waals surface area (Å²) in [5.41, 5.74) is 1.61. The van der Waals surface area contributed by atoms with E-state index in [1.807, 2.05) is 0 Å². The van der Waals surface area contributed by atoms with E-state index in [1.165, 1.54) is 17.0 Å². The van der Waals surface area contributed by atoms with Crippen LogP contribution in [-0.4, -0.2) is 9.97 Å². The minimum Gasteiger partial charge on any atom is -0.305 e. The molecule has 0 aliphatic heterocycles. The average Bonchev–Trinajstić information content (AvgIpc) is 2.92. The maximum atomic E-state index is 13.3. The average molecular weight is 375 g/mol. The highest BCUT2D eigenvalue weighted by molar-refractivity contribution is 7.18. The summed E-state index contributed by atoms with van der Waals surface area (Å²) in [6.07, 6.45) is 4.62. The van der Waals surface area contributed by atoms with Crippen molar-refractivity contribution in [2.24, 2.45) is 5.92 Å². The number of fused-ring (bicyclic) bond motifs is 3. The minimum absolute atomic E-state index is 0.155. The predicted molar refractivity (Wildman–Crippen MR) is 102 cm³/mol. The van der Waals surface area contributed by atoms with Crippen molar-refractivity contribution in [2.45, 2.75) is 26.2 Å². The summed E-state index contributed by atoms with van der Waals surface area (Å²) in [4.78, 5) is 21.9. The van der Waals surface area contributed by atoms with Gasteiger partial charge in [0.25, 0.3) is 5.56 Å². The second kappa shape index (κ2) is 6.39. The molecule has 0 saturated carbocycles. The first kappa shape index (κ1) is 16.5. The fourth-order valence-electron chi connectivity index (χ4n) is 3.27. The third-order valence-corrected chi connectivity index (χ3v) is 5.97. The highest BCUT2D eigenvalue weighted by Gasteiger charge is 2.23. The minimum atomic E-state index is -0.338. The van der Waals surface area contributed by atoms with Gasteiger partial charge in [0.05, 0.1) is 10.4 Å². The molecule has 0 fully saturated rings. The van der Waals surface area contributed by atoms with Crippen molar-refractivity contribution in [3.8, 4) is 0 Å². The van der Waals surface area contributed by atoms with Crippen LogP contribution in [-0.2, 0) is 12.8 Å². The maximum absolute atomic E-state index is 13.3. The van der Waals surface area contributed by atoms with Gasteiger partial charge in [-0.05, 0) is 54.5 Å². The third-order valence-electron chi connectivity index (χ3n) is 4.53. The molecule has 3 nitrogen and oxygen atoms in total. The Morgan fingerprint density at radius 2 is 2.32 bits per heavy atom. The number of halogens is 2. The van der Waals surface area contributed by atoms with Gasteiger partial charge in [-0.25, -0.2) is 9.37 Å². The molecule has 128 valence electrons. The smallest absolute Gasteiger partial charge is 0.260 e. The predicted octanol–water partition coefficient (Wildman–Crippen LogP) is 4.99. The van der Waals surface area contributed by atoms with Crippen molar-refractivity contribution in [3.63, 3.8) is 0 Å². The van der Waals surface area contributed by atoms with E-state index in [0.29, 0.717) is 22.7 Å². The number of benzene rings is 1. The Morgan fingerprint density at radius 1 is 1.48 bits per heavy atom. The van der Waals surface area contributed by atoms with Crippen LogP contribution in [0, 0.1) is 11.7 Å². The van der Waals surface area contributed by atoms with Crippen molar-refractivity contribution in [1.29, 1.82) is 0 Å². The number of nitrogens with one attached hydrogen (secondary N) is 1. The van der Waals surface area contributed by atoms with E-state index in [4.69, 9.17) is 11.6 Å². The number of H-pyrrole nitrogens is 1. The number of hydrogen-bond donors (Lipinski definition) is 1. The highest BCUT2D eigenvalue weighted by atomic mass is 35.5. The summed E-state index contributed by atoms with van der Waals surface area (Å²) >= 11 is 7.91. The number of nitrogens with zero attached hydrogens (tertiary/aromatic N) is 1. The van der Waals surface area contributed by atoms with Gasteiger partial charge >= 0.3 is 0 Å². The molecule has 1 aliphatic rings. The molecule has 1 atom stereocenters. The fraction of sp³-hybridized carbons (Fsp3) is 0.263. The van der Waals surface area contributed by atoms with Crippen molar-refractivity contribution in [2.75, 3.05) is 0 Å². The molecule has 2 aromatic heterocycles. The van der Waals surface area contributed by atoms with Gasteiger partial charge in [-0.3, -0.25) is 4.79 Å². The molecular weight excluding hydrogens is 359 g/mol. The Kier molecular flexibility index (Phi) is 4.21. The molecule has 0 bridgehead atoms. The van der Waals surface area contributed by atoms with Gasteiger partial charge in [0.1, 0.15) is 10.6 Å². The van der Waals surface area contributed by atoms with Gasteiger partial charge in [0.2, 0.25) is 0 Å². The van der Waals surface area contributed by atoms with Gasteiger partial charge in [-0.1, -0.05) is 30.7 Å². The number of aryl methyl sites for hydroxylation is 1. The standard InChI is InChI=1S/C19H16ClFN2OS/c1-10-5-6-13-15(7-10)25-19-16(13)18(24)22-17(23-19)14(20)9-11-3-2-4-12(21)8-11/h2-4,8-10H,5-7H2,1H3,(H,22,23,24)/b14-9-/t10-/m1/s1. The Morgan fingerprint density at radius 3 is 3.12 bits per heavy atom. The Balaban J connectivity index is 1.80. The summed E-state index contributed by atoms with van der Waals surface area (Å²) in [7, 11) is 0. The first-order chi connectivity index (χ1) is 12.0. The van der Waals surface area contributed by atoms with Gasteiger partial charge in [-0.2, -0.15) is 0 Å². The zero-order chi connectivity index (χ0) is 17.6. The summed E-state index contributed by atoms with van der Waals surface area (Å²) < 4.78 is 13.3. The maximum Gasteiger partial charge on any atom is 0.260 e. The van der Waals surface area contributed by atoms with Crippen molar-refractivity contribution < 1.29 is 4.39 Å². The van der Waals surface area contributed by atoms with Crippen LogP contribution in [0.5, 0.6) is 0 Å². The van der Waals surface area contributed by atoms with Gasteiger partial charge in [0, 0.05) is 4.88 Å². The van der Waals surface area contributed by atoms with Crippen LogP contribution in [0.25, 0.3) is 21.3 Å². The number of thiophene rings is 1. The van der Waals surface area contributed by atoms with Gasteiger partial charge < -0.3 is 4.98 Å². The molecule has 1 aromatic carbocycles. The van der Waals surface area contributed by atoms with Crippen LogP contribution >= 0.6 is 22.9 Å². The molecule has 0 saturated heterocycles. The van der Waals surface area contributed by atoms with E-state index in [0.717, 1.165) is 29.7 Å². The zero-order valence-electron chi connectivity index (χ0n) is 13.6. The van der Waals surface area contributed by atoms with E-state index < -0.39 is 0 Å². The number of aromatic amines is 1. The molecule has 1 aliphatic carbocycles. The summed E-state index contributed by atoms with van der Waals surface area (Å²) in [5.74, 6) is 0.612. The van der Waals surface area contributed by atoms with E-state index in [9.17, 15) is 9.18 Å². The van der Waals surface area contributed by atoms with Crippen LogP contribution in [0.1, 0.15) is 35.2 Å². The Bertz CT molecular complexity index is 1050. The molecule has 3 aromatic rings. The van der Waals surface area contributed by atoms with Gasteiger partial charge in [-0.15, -0.1) is 11.3 Å². The molecule has 2 heterocycles. The Labute approximate surface area is 153 Å². The molecule has 0 amide bonds. The second-order valence-corrected chi connectivity index (χ2v) is 7.98. The molecule has 1 N–H and O–H groups in total. The van der Waals surface area contributed by atoms with Crippen LogP contribution in [0.4, 0.5) is 4.39 Å². The quantitative estimate of drug-likeness (QED) is 0.687. The lowest BCUT2D eigenvalue weighted by Gasteiger charge is -2.17. The molecular formula is C19H16ClFN2OS. The van der Waals surface area contributed by atoms with Crippen LogP contribution < -0.4 is 5.56 Å². The first-order valence-electron chi connectivity index (χ1n) is 8.19. The topological polar surface area (TPSA) is 45.8 Å². The molecule has 0 spiro atoms. The molecule has 6 heteroatoms. The molecule has 0 radical (unpaired) electrons. The monoisotopic (exact) mass is 374 g/mol. The fourth-order valence-corrected chi connectivity index (χ4v) is 4.87. The largest absolute Gasteiger partial charge is 0.305 e. The van der Waals surface area contributed by atoms with Crippen LogP contribution in [0.2, 0.25) is 0 Å². The lowest BCUT2D eigenvalue weighted by molar-refractivity contribution is 0.509. The summed E-state index contributed by atoms with van der Waals surface area (Å²) in [6, 6.07) is 6.10. The number of aromatic nitrogens is 2. The number of rotatable bonds is 2. The third kappa shape index (κ3) is 3.14. The number of hydrogen-bond acceptors (Lipinski definition) is 3. The SMILES string of the molecule is C[C@@H]1CCc2c(sc3nc(/C(Cl)=C/c4cccc(F)c4)[nH]c(=O)c23)C1. The second-order valence-electron chi connectivity index (χ2n) is 6.49. The molecule has 25 heavy (non-hydrogen) atoms. The van der Waals surface area contributed by atoms with E-state index >= 15 is 0 Å². The van der Waals surface area contributed by atoms with Crippen molar-refractivity contribution >= 4 is 44.3 Å². The van der Waals surface area contributed by atoms with E-state index in [2.05, 4.69) is 16.9 Å². The van der Waals surface area contributed by atoms with Crippen molar-refractivity contribution in [3.05, 3.63) is 62.3 Å². The zero-order valence-corrected chi connectivity index (χ0v) is 15.2. The summed E-state index contributed by atoms with van der Waals surface area (Å²) in [6.45, 7) is 2.23. The Hall–Kier alpha value is -1.98. The molecule has 0 unspecified atom stereocenters. The van der Waals surface area contributed by atoms with Gasteiger partial charge in [0.15, 0.2) is 5.82 Å². The summed E-state index contributed by atoms with van der Waals surface area (Å²) in [5, 5.41) is 0.982.